The molecule has 7 nitrogen and oxygen atoms in total. The van der Waals surface area contributed by atoms with Crippen molar-refractivity contribution in [1.82, 2.24) is 4.90 Å². The second kappa shape index (κ2) is 8.47. The number of fused-ring (bicyclic) bond motifs is 2. The van der Waals surface area contributed by atoms with E-state index in [4.69, 9.17) is 4.42 Å². The monoisotopic (exact) mass is 417 g/mol. The Bertz CT molecular complexity index is 1150. The number of nitrogens with zero attached hydrogens (tertiary/aromatic N) is 2. The molecule has 0 bridgehead atoms. The second-order valence-electron chi connectivity index (χ2n) is 7.60. The lowest BCUT2D eigenvalue weighted by Gasteiger charge is -2.29. The van der Waals surface area contributed by atoms with Crippen LogP contribution in [0.1, 0.15) is 19.1 Å². The molecule has 1 aliphatic rings. The lowest BCUT2D eigenvalue weighted by Crippen LogP contribution is -2.45. The number of hydrogen-bond donors (Lipinski definition) is 1. The van der Waals surface area contributed by atoms with Gasteiger partial charge in [-0.1, -0.05) is 30.3 Å². The van der Waals surface area contributed by atoms with Gasteiger partial charge in [-0.15, -0.1) is 0 Å². The summed E-state index contributed by atoms with van der Waals surface area (Å²) in [4.78, 5) is 40.7. The van der Waals surface area contributed by atoms with Crippen molar-refractivity contribution >= 4 is 46.1 Å². The van der Waals surface area contributed by atoms with Gasteiger partial charge in [-0.3, -0.25) is 14.4 Å². The van der Waals surface area contributed by atoms with E-state index in [-0.39, 0.29) is 36.7 Å². The van der Waals surface area contributed by atoms with E-state index in [0.717, 1.165) is 11.0 Å². The fraction of sp³-hybridized carbons (Fsp3) is 0.208. The summed E-state index contributed by atoms with van der Waals surface area (Å²) in [6.45, 7) is 1.71. The van der Waals surface area contributed by atoms with Gasteiger partial charge in [0.05, 0.1) is 11.4 Å². The zero-order chi connectivity index (χ0) is 22.0. The zero-order valence-electron chi connectivity index (χ0n) is 17.4. The molecule has 3 amide bonds. The molecule has 0 saturated heterocycles. The van der Waals surface area contributed by atoms with E-state index < -0.39 is 0 Å². The Kier molecular flexibility index (Phi) is 5.58. The molecule has 1 N–H and O–H groups in total. The van der Waals surface area contributed by atoms with Crippen molar-refractivity contribution in [1.29, 1.82) is 0 Å². The number of para-hydroxylation sites is 3. The highest BCUT2D eigenvalue weighted by atomic mass is 16.3. The number of nitrogens with one attached hydrogen (secondary N) is 1. The first-order valence-corrected chi connectivity index (χ1v) is 10.0. The molecule has 7 heteroatoms. The molecule has 0 spiro atoms. The summed E-state index contributed by atoms with van der Waals surface area (Å²) in [5, 5.41) is 3.78. The van der Waals surface area contributed by atoms with Crippen molar-refractivity contribution in [3.8, 4) is 0 Å². The maximum Gasteiger partial charge on any atom is 0.246 e. The van der Waals surface area contributed by atoms with E-state index in [1.807, 2.05) is 43.3 Å². The molecule has 3 aromatic rings. The van der Waals surface area contributed by atoms with Crippen LogP contribution in [0.15, 0.2) is 65.1 Å². The number of amides is 3. The van der Waals surface area contributed by atoms with E-state index in [1.165, 1.54) is 11.0 Å². The average molecular weight is 417 g/mol. The lowest BCUT2D eigenvalue weighted by atomic mass is 10.1. The van der Waals surface area contributed by atoms with Crippen molar-refractivity contribution in [2.75, 3.05) is 23.8 Å². The number of furan rings is 1. The van der Waals surface area contributed by atoms with Crippen molar-refractivity contribution < 1.29 is 18.8 Å². The summed E-state index contributed by atoms with van der Waals surface area (Å²) in [6.07, 6.45) is 3.16. The number of hydrogen-bond acceptors (Lipinski definition) is 4. The van der Waals surface area contributed by atoms with Crippen molar-refractivity contribution in [3.05, 3.63) is 66.4 Å². The van der Waals surface area contributed by atoms with Crippen LogP contribution in [0, 0.1) is 0 Å². The Morgan fingerprint density at radius 3 is 2.74 bits per heavy atom. The van der Waals surface area contributed by atoms with Crippen LogP contribution in [0.3, 0.4) is 0 Å². The van der Waals surface area contributed by atoms with Gasteiger partial charge in [0.15, 0.2) is 0 Å². The first-order valence-electron chi connectivity index (χ1n) is 10.0. The summed E-state index contributed by atoms with van der Waals surface area (Å²) in [7, 11) is 1.57. The summed E-state index contributed by atoms with van der Waals surface area (Å²) < 4.78 is 5.68. The molecule has 2 heterocycles. The van der Waals surface area contributed by atoms with Crippen LogP contribution in [0.4, 0.5) is 11.4 Å². The Balaban J connectivity index is 1.47. The number of carbonyl (C=O) groups is 3. The van der Waals surface area contributed by atoms with Crippen LogP contribution in [0.2, 0.25) is 0 Å². The Morgan fingerprint density at radius 2 is 1.94 bits per heavy atom. The number of rotatable bonds is 4. The minimum atomic E-state index is -0.328. The number of carbonyl (C=O) groups excluding carboxylic acids is 3. The lowest BCUT2D eigenvalue weighted by molar-refractivity contribution is -0.130. The molecule has 31 heavy (non-hydrogen) atoms. The van der Waals surface area contributed by atoms with Crippen molar-refractivity contribution in [3.63, 3.8) is 0 Å². The van der Waals surface area contributed by atoms with Gasteiger partial charge < -0.3 is 19.5 Å². The van der Waals surface area contributed by atoms with Crippen LogP contribution in [0.5, 0.6) is 0 Å². The van der Waals surface area contributed by atoms with E-state index in [9.17, 15) is 14.4 Å². The molecule has 1 unspecified atom stereocenters. The van der Waals surface area contributed by atoms with Crippen LogP contribution in [-0.2, 0) is 14.4 Å². The Morgan fingerprint density at radius 1 is 1.19 bits per heavy atom. The smallest absolute Gasteiger partial charge is 0.246 e. The first kappa shape index (κ1) is 20.4. The van der Waals surface area contributed by atoms with E-state index in [0.29, 0.717) is 17.1 Å². The molecule has 1 aromatic heterocycles. The number of benzene rings is 2. The molecule has 2 aromatic carbocycles. The van der Waals surface area contributed by atoms with Gasteiger partial charge in [-0.25, -0.2) is 0 Å². The maximum absolute atomic E-state index is 13.1. The van der Waals surface area contributed by atoms with Crippen molar-refractivity contribution in [2.24, 2.45) is 0 Å². The third kappa shape index (κ3) is 4.35. The first-order chi connectivity index (χ1) is 14.9. The van der Waals surface area contributed by atoms with Gasteiger partial charge in [0.1, 0.15) is 17.9 Å². The molecule has 0 aliphatic carbocycles. The fourth-order valence-electron chi connectivity index (χ4n) is 3.69. The maximum atomic E-state index is 13.1. The minimum absolute atomic E-state index is 0.115. The number of anilines is 2. The van der Waals surface area contributed by atoms with Gasteiger partial charge in [0.25, 0.3) is 0 Å². The normalized spacial score (nSPS) is 16.1. The quantitative estimate of drug-likeness (QED) is 0.657. The van der Waals surface area contributed by atoms with Crippen LogP contribution < -0.4 is 10.2 Å². The Hall–Kier alpha value is -3.87. The topological polar surface area (TPSA) is 82.9 Å². The summed E-state index contributed by atoms with van der Waals surface area (Å²) in [5.74, 6) is -0.161. The van der Waals surface area contributed by atoms with Crippen LogP contribution in [0.25, 0.3) is 17.0 Å². The van der Waals surface area contributed by atoms with E-state index in [2.05, 4.69) is 5.32 Å². The third-order valence-electron chi connectivity index (χ3n) is 5.21. The summed E-state index contributed by atoms with van der Waals surface area (Å²) in [6, 6.07) is 16.3. The van der Waals surface area contributed by atoms with Gasteiger partial charge in [-0.2, -0.15) is 0 Å². The highest BCUT2D eigenvalue weighted by Crippen LogP contribution is 2.31. The summed E-state index contributed by atoms with van der Waals surface area (Å²) >= 11 is 0. The van der Waals surface area contributed by atoms with E-state index in [1.54, 1.807) is 36.2 Å². The molecule has 4 rings (SSSR count). The van der Waals surface area contributed by atoms with E-state index >= 15 is 0 Å². The zero-order valence-corrected chi connectivity index (χ0v) is 17.4. The predicted molar refractivity (Wildman–Crippen MR) is 120 cm³/mol. The van der Waals surface area contributed by atoms with Crippen LogP contribution in [-0.4, -0.2) is 42.3 Å². The fourth-order valence-corrected chi connectivity index (χ4v) is 3.69. The average Bonchev–Trinajstić information content (AvgIpc) is 3.10. The minimum Gasteiger partial charge on any atom is -0.457 e. The SMILES string of the molecule is CC1CC(=O)Nc2ccccc2N1C(=O)CN(C)C(=O)C=Cc1cc2ccccc2o1. The van der Waals surface area contributed by atoms with Crippen molar-refractivity contribution in [2.45, 2.75) is 19.4 Å². The van der Waals surface area contributed by atoms with Gasteiger partial charge in [-0.05, 0) is 37.3 Å². The van der Waals surface area contributed by atoms with Gasteiger partial charge in [0, 0.05) is 31.0 Å². The third-order valence-corrected chi connectivity index (χ3v) is 5.21. The standard InChI is InChI=1S/C24H23N3O4/c1-16-13-22(28)25-19-8-4-5-9-20(19)27(16)24(30)15-26(2)23(29)12-11-18-14-17-7-3-6-10-21(17)31-18/h3-12,14,16H,13,15H2,1-2H3,(H,25,28). The molecule has 1 atom stereocenters. The molecule has 0 saturated carbocycles. The number of likely N-dealkylation sites (N-methyl/N-ethyl adjacent to an activating group) is 1. The largest absolute Gasteiger partial charge is 0.457 e. The second-order valence-corrected chi connectivity index (χ2v) is 7.60. The molecule has 0 fully saturated rings. The van der Waals surface area contributed by atoms with Crippen LogP contribution >= 0.6 is 0 Å². The highest BCUT2D eigenvalue weighted by Gasteiger charge is 2.30. The Labute approximate surface area is 179 Å². The molecule has 158 valence electrons. The highest BCUT2D eigenvalue weighted by molar-refractivity contribution is 6.06. The van der Waals surface area contributed by atoms with Gasteiger partial charge in [0.2, 0.25) is 17.7 Å². The molecule has 1 aliphatic heterocycles. The molecular formula is C24H23N3O4. The predicted octanol–water partition coefficient (Wildman–Crippen LogP) is 3.67. The molecular weight excluding hydrogens is 394 g/mol. The summed E-state index contributed by atoms with van der Waals surface area (Å²) in [5.41, 5.74) is 1.96. The van der Waals surface area contributed by atoms with Gasteiger partial charge >= 0.3 is 0 Å². The molecule has 0 radical (unpaired) electrons.